The van der Waals surface area contributed by atoms with Crippen LogP contribution in [-0.2, 0) is 0 Å². The number of nitro benzene ring substituents is 2. The Morgan fingerprint density at radius 1 is 0.800 bits per heavy atom. The number of rotatable bonds is 4. The molecule has 3 rings (SSSR count). The Balaban J connectivity index is 0.000000222. The molecule has 154 valence electrons. The number of carboxylic acids is 1. The van der Waals surface area contributed by atoms with Gasteiger partial charge in [-0.05, 0) is 24.3 Å². The van der Waals surface area contributed by atoms with Gasteiger partial charge in [-0.3, -0.25) is 29.6 Å². The van der Waals surface area contributed by atoms with Crippen molar-refractivity contribution in [3.05, 3.63) is 102 Å². The van der Waals surface area contributed by atoms with Gasteiger partial charge in [-0.1, -0.05) is 35.3 Å². The molecule has 2 aromatic carbocycles. The Morgan fingerprint density at radius 2 is 1.23 bits per heavy atom. The Kier molecular flexibility index (Phi) is 7.23. The molecule has 0 saturated heterocycles. The summed E-state index contributed by atoms with van der Waals surface area (Å²) in [5, 5.41) is 29.1. The SMILES string of the molecule is O=C(O)c1cccc([N+](=O)[O-])c1Cl.O=C(c1cccc([N+](=O)[O-])c1Cl)n1cccc1. The molecule has 3 aromatic rings. The van der Waals surface area contributed by atoms with Gasteiger partial charge in [0.2, 0.25) is 0 Å². The molecule has 0 atom stereocenters. The van der Waals surface area contributed by atoms with Gasteiger partial charge < -0.3 is 5.11 Å². The van der Waals surface area contributed by atoms with E-state index in [0.717, 1.165) is 6.07 Å². The number of carboxylic acid groups (broad SMARTS) is 1. The smallest absolute Gasteiger partial charge is 0.337 e. The molecule has 0 aliphatic rings. The molecule has 0 aliphatic heterocycles. The highest BCUT2D eigenvalue weighted by molar-refractivity contribution is 6.36. The minimum atomic E-state index is -1.28. The van der Waals surface area contributed by atoms with E-state index in [0.29, 0.717) is 0 Å². The fourth-order valence-electron chi connectivity index (χ4n) is 2.26. The lowest BCUT2D eigenvalue weighted by Gasteiger charge is -2.04. The number of carbonyl (C=O) groups excluding carboxylic acids is 1. The largest absolute Gasteiger partial charge is 0.478 e. The zero-order valence-electron chi connectivity index (χ0n) is 14.8. The van der Waals surface area contributed by atoms with Crippen LogP contribution in [0.5, 0.6) is 0 Å². The van der Waals surface area contributed by atoms with Crippen LogP contribution in [0.2, 0.25) is 10.0 Å². The summed E-state index contributed by atoms with van der Waals surface area (Å²) in [4.78, 5) is 42.1. The van der Waals surface area contributed by atoms with Crippen LogP contribution in [0.15, 0.2) is 60.9 Å². The standard InChI is InChI=1S/C11H7ClN2O3.C7H4ClNO4/c12-10-8(4-3-5-9(10)14(16)17)11(15)13-6-1-2-7-13;8-6-4(7(10)11)2-1-3-5(6)9(12)13/h1-7H;1-3H,(H,10,11). The number of nitro groups is 2. The molecule has 12 heteroatoms. The topological polar surface area (TPSA) is 146 Å². The Morgan fingerprint density at radius 3 is 1.67 bits per heavy atom. The van der Waals surface area contributed by atoms with E-state index >= 15 is 0 Å². The van der Waals surface area contributed by atoms with Crippen molar-refractivity contribution in [3.63, 3.8) is 0 Å². The van der Waals surface area contributed by atoms with Gasteiger partial charge in [0.15, 0.2) is 0 Å². The monoisotopic (exact) mass is 451 g/mol. The average molecular weight is 452 g/mol. The number of carbonyl (C=O) groups is 2. The number of benzene rings is 2. The summed E-state index contributed by atoms with van der Waals surface area (Å²) in [6.45, 7) is 0. The average Bonchev–Trinajstić information content (AvgIpc) is 3.22. The molecule has 1 heterocycles. The van der Waals surface area contributed by atoms with E-state index in [9.17, 15) is 29.8 Å². The van der Waals surface area contributed by atoms with Crippen molar-refractivity contribution in [2.45, 2.75) is 0 Å². The highest BCUT2D eigenvalue weighted by Gasteiger charge is 2.20. The van der Waals surface area contributed by atoms with Gasteiger partial charge in [0.1, 0.15) is 10.0 Å². The van der Waals surface area contributed by atoms with E-state index in [4.69, 9.17) is 28.3 Å². The molecule has 0 amide bonds. The van der Waals surface area contributed by atoms with E-state index in [1.54, 1.807) is 24.5 Å². The van der Waals surface area contributed by atoms with Crippen molar-refractivity contribution in [3.8, 4) is 0 Å². The fourth-order valence-corrected chi connectivity index (χ4v) is 2.81. The molecule has 10 nitrogen and oxygen atoms in total. The van der Waals surface area contributed by atoms with Gasteiger partial charge >= 0.3 is 5.97 Å². The molecule has 0 saturated carbocycles. The maximum atomic E-state index is 12.0. The number of nitrogens with zero attached hydrogens (tertiary/aromatic N) is 3. The summed E-state index contributed by atoms with van der Waals surface area (Å²) in [7, 11) is 0. The van der Waals surface area contributed by atoms with Crippen molar-refractivity contribution < 1.29 is 24.5 Å². The van der Waals surface area contributed by atoms with Gasteiger partial charge in [-0.15, -0.1) is 0 Å². The molecule has 0 aliphatic carbocycles. The number of hydrogen-bond donors (Lipinski definition) is 1. The summed E-state index contributed by atoms with van der Waals surface area (Å²) < 4.78 is 1.31. The number of hydrogen-bond acceptors (Lipinski definition) is 6. The zero-order chi connectivity index (χ0) is 22.4. The predicted octanol–water partition coefficient (Wildman–Crippen LogP) is 4.68. The highest BCUT2D eigenvalue weighted by Crippen LogP contribution is 2.28. The highest BCUT2D eigenvalue weighted by atomic mass is 35.5. The number of aromatic carboxylic acids is 1. The van der Waals surface area contributed by atoms with E-state index in [1.165, 1.54) is 34.9 Å². The summed E-state index contributed by atoms with van der Waals surface area (Å²) in [6, 6.07) is 11.1. The van der Waals surface area contributed by atoms with E-state index in [2.05, 4.69) is 0 Å². The van der Waals surface area contributed by atoms with Crippen LogP contribution in [0.1, 0.15) is 20.7 Å². The second-order valence-corrected chi connectivity index (χ2v) is 6.25. The van der Waals surface area contributed by atoms with E-state index in [1.807, 2.05) is 0 Å². The van der Waals surface area contributed by atoms with Crippen molar-refractivity contribution in [2.75, 3.05) is 0 Å². The van der Waals surface area contributed by atoms with Crippen LogP contribution in [0.3, 0.4) is 0 Å². The molecule has 1 N–H and O–H groups in total. The van der Waals surface area contributed by atoms with Crippen LogP contribution >= 0.6 is 23.2 Å². The van der Waals surface area contributed by atoms with Crippen molar-refractivity contribution in [1.82, 2.24) is 4.57 Å². The molecule has 0 radical (unpaired) electrons. The molecule has 0 spiro atoms. The Labute approximate surface area is 178 Å². The molecule has 0 unspecified atom stereocenters. The van der Waals surface area contributed by atoms with Crippen LogP contribution in [0.25, 0.3) is 0 Å². The molecular weight excluding hydrogens is 441 g/mol. The van der Waals surface area contributed by atoms with Gasteiger partial charge in [-0.2, -0.15) is 0 Å². The van der Waals surface area contributed by atoms with Crippen LogP contribution in [-0.4, -0.2) is 31.4 Å². The molecule has 30 heavy (non-hydrogen) atoms. The summed E-state index contributed by atoms with van der Waals surface area (Å²) in [5.41, 5.74) is -0.834. The Hall–Kier alpha value is -3.76. The summed E-state index contributed by atoms with van der Waals surface area (Å²) in [6.07, 6.45) is 3.11. The minimum Gasteiger partial charge on any atom is -0.478 e. The van der Waals surface area contributed by atoms with Gasteiger partial charge in [0.05, 0.1) is 21.0 Å². The molecular formula is C18H11Cl2N3O7. The normalized spacial score (nSPS) is 9.93. The van der Waals surface area contributed by atoms with Crippen molar-refractivity contribution in [2.24, 2.45) is 0 Å². The van der Waals surface area contributed by atoms with Gasteiger partial charge in [-0.25, -0.2) is 4.79 Å². The summed E-state index contributed by atoms with van der Waals surface area (Å²) in [5.74, 6) is -1.68. The lowest BCUT2D eigenvalue weighted by atomic mass is 10.2. The maximum Gasteiger partial charge on any atom is 0.337 e. The molecule has 0 bridgehead atoms. The lowest BCUT2D eigenvalue weighted by Crippen LogP contribution is -2.10. The first-order valence-electron chi connectivity index (χ1n) is 7.92. The first kappa shape index (κ1) is 22.5. The predicted molar refractivity (Wildman–Crippen MR) is 107 cm³/mol. The van der Waals surface area contributed by atoms with Crippen LogP contribution < -0.4 is 0 Å². The first-order valence-corrected chi connectivity index (χ1v) is 8.67. The van der Waals surface area contributed by atoms with Crippen molar-refractivity contribution >= 4 is 46.5 Å². The third-order valence-electron chi connectivity index (χ3n) is 3.65. The van der Waals surface area contributed by atoms with Crippen LogP contribution in [0.4, 0.5) is 11.4 Å². The van der Waals surface area contributed by atoms with Gasteiger partial charge in [0, 0.05) is 24.5 Å². The third-order valence-corrected chi connectivity index (χ3v) is 4.44. The maximum absolute atomic E-state index is 12.0. The first-order chi connectivity index (χ1) is 14.1. The van der Waals surface area contributed by atoms with Crippen LogP contribution in [0, 0.1) is 20.2 Å². The van der Waals surface area contributed by atoms with Gasteiger partial charge in [0.25, 0.3) is 17.3 Å². The second kappa shape index (κ2) is 9.63. The lowest BCUT2D eigenvalue weighted by molar-refractivity contribution is -0.384. The van der Waals surface area contributed by atoms with E-state index < -0.39 is 27.4 Å². The second-order valence-electron chi connectivity index (χ2n) is 5.49. The van der Waals surface area contributed by atoms with Crippen molar-refractivity contribution in [1.29, 1.82) is 0 Å². The summed E-state index contributed by atoms with van der Waals surface area (Å²) >= 11 is 11.3. The third kappa shape index (κ3) is 4.99. The fraction of sp³-hybridized carbons (Fsp3) is 0. The number of aromatic nitrogens is 1. The minimum absolute atomic E-state index is 0.108. The quantitative estimate of drug-likeness (QED) is 0.447. The number of halogens is 2. The zero-order valence-corrected chi connectivity index (χ0v) is 16.3. The molecule has 1 aromatic heterocycles. The van der Waals surface area contributed by atoms with E-state index in [-0.39, 0.29) is 26.9 Å². The molecule has 0 fully saturated rings. The Bertz CT molecular complexity index is 1100.